The topological polar surface area (TPSA) is 142 Å². The number of aromatic nitrogens is 3. The fraction of sp³-hybridized carbons (Fsp3) is 0.409. The van der Waals surface area contributed by atoms with Gasteiger partial charge in [0.2, 0.25) is 0 Å². The SMILES string of the molecule is CC(C)(C(=O)O)n1cc(-c2[nH]c3cc(N[C@H](C(=O)O)C4CC4)cc4c3c2NCCO4)cn1. The summed E-state index contributed by atoms with van der Waals surface area (Å²) in [7, 11) is 0. The number of nitrogens with zero attached hydrogens (tertiary/aromatic N) is 2. The zero-order valence-electron chi connectivity index (χ0n) is 17.8. The summed E-state index contributed by atoms with van der Waals surface area (Å²) in [5.41, 5.74) is 2.63. The number of carboxylic acids is 2. The molecule has 3 heterocycles. The summed E-state index contributed by atoms with van der Waals surface area (Å²) in [5.74, 6) is -1.04. The van der Waals surface area contributed by atoms with E-state index in [1.165, 1.54) is 4.68 Å². The van der Waals surface area contributed by atoms with E-state index in [0.717, 1.165) is 40.7 Å². The molecule has 0 amide bonds. The van der Waals surface area contributed by atoms with Crippen molar-refractivity contribution in [3.8, 4) is 17.0 Å². The standard InChI is InChI=1S/C22H25N5O5/c1-22(2,21(30)31)27-10-12(9-24-27)17-19-16-14(26-17)7-13(8-15(16)32-6-5-23-19)25-18(20(28)29)11-3-4-11/h7-11,18,23,25-26H,3-6H2,1-2H3,(H,28,29)(H,30,31)/t18-/m0/s1. The fourth-order valence-electron chi connectivity index (χ4n) is 4.07. The first-order chi connectivity index (χ1) is 15.3. The number of nitrogens with one attached hydrogen (secondary N) is 3. The maximum Gasteiger partial charge on any atom is 0.331 e. The van der Waals surface area contributed by atoms with Gasteiger partial charge < -0.3 is 30.6 Å². The minimum Gasteiger partial charge on any atom is -0.491 e. The lowest BCUT2D eigenvalue weighted by Crippen LogP contribution is -2.35. The molecule has 1 saturated carbocycles. The minimum atomic E-state index is -1.19. The van der Waals surface area contributed by atoms with E-state index >= 15 is 0 Å². The molecule has 0 spiro atoms. The van der Waals surface area contributed by atoms with Gasteiger partial charge in [0.05, 0.1) is 28.5 Å². The summed E-state index contributed by atoms with van der Waals surface area (Å²) in [6, 6.07) is 3.09. The predicted octanol–water partition coefficient (Wildman–Crippen LogP) is 2.93. The van der Waals surface area contributed by atoms with Crippen LogP contribution in [0.4, 0.5) is 11.4 Å². The van der Waals surface area contributed by atoms with Gasteiger partial charge in [-0.15, -0.1) is 0 Å². The first-order valence-corrected chi connectivity index (χ1v) is 10.6. The van der Waals surface area contributed by atoms with E-state index in [4.69, 9.17) is 4.74 Å². The average Bonchev–Trinajstić information content (AvgIpc) is 3.39. The molecule has 10 nitrogen and oxygen atoms in total. The molecule has 1 aliphatic heterocycles. The number of ether oxygens (including phenoxy) is 1. The van der Waals surface area contributed by atoms with Crippen molar-refractivity contribution in [2.24, 2.45) is 5.92 Å². The van der Waals surface area contributed by atoms with Gasteiger partial charge in [0.1, 0.15) is 18.4 Å². The highest BCUT2D eigenvalue weighted by molar-refractivity contribution is 6.06. The quantitative estimate of drug-likeness (QED) is 0.378. The van der Waals surface area contributed by atoms with Gasteiger partial charge >= 0.3 is 11.9 Å². The van der Waals surface area contributed by atoms with Gasteiger partial charge in [0.25, 0.3) is 0 Å². The Morgan fingerprint density at radius 2 is 2.09 bits per heavy atom. The van der Waals surface area contributed by atoms with Crippen molar-refractivity contribution in [1.82, 2.24) is 14.8 Å². The van der Waals surface area contributed by atoms with E-state index < -0.39 is 23.5 Å². The first-order valence-electron chi connectivity index (χ1n) is 10.6. The minimum absolute atomic E-state index is 0.142. The van der Waals surface area contributed by atoms with E-state index in [0.29, 0.717) is 24.6 Å². The summed E-state index contributed by atoms with van der Waals surface area (Å²) in [5, 5.41) is 30.8. The van der Waals surface area contributed by atoms with Crippen molar-refractivity contribution in [3.63, 3.8) is 0 Å². The van der Waals surface area contributed by atoms with Crippen molar-refractivity contribution in [1.29, 1.82) is 0 Å². The van der Waals surface area contributed by atoms with Crippen LogP contribution >= 0.6 is 0 Å². The number of aliphatic carboxylic acids is 2. The molecule has 168 valence electrons. The molecule has 1 aromatic carbocycles. The second-order valence-corrected chi connectivity index (χ2v) is 8.88. The summed E-state index contributed by atoms with van der Waals surface area (Å²) in [6.07, 6.45) is 5.15. The Labute approximate surface area is 183 Å². The van der Waals surface area contributed by atoms with Crippen molar-refractivity contribution >= 4 is 34.2 Å². The third kappa shape index (κ3) is 3.31. The van der Waals surface area contributed by atoms with Crippen LogP contribution in [0, 0.1) is 5.92 Å². The first kappa shape index (κ1) is 20.2. The van der Waals surface area contributed by atoms with Gasteiger partial charge in [-0.2, -0.15) is 5.10 Å². The van der Waals surface area contributed by atoms with E-state index in [1.807, 2.05) is 12.1 Å². The Bertz CT molecular complexity index is 1220. The largest absolute Gasteiger partial charge is 0.491 e. The van der Waals surface area contributed by atoms with Crippen LogP contribution in [0.1, 0.15) is 26.7 Å². The van der Waals surface area contributed by atoms with Crippen LogP contribution in [0.5, 0.6) is 5.75 Å². The van der Waals surface area contributed by atoms with Crippen LogP contribution in [0.25, 0.3) is 22.2 Å². The van der Waals surface area contributed by atoms with Crippen LogP contribution in [0.15, 0.2) is 24.5 Å². The highest BCUT2D eigenvalue weighted by atomic mass is 16.5. The Balaban J connectivity index is 1.58. The molecular formula is C22H25N5O5. The average molecular weight is 439 g/mol. The van der Waals surface area contributed by atoms with Gasteiger partial charge in [-0.1, -0.05) is 0 Å². The summed E-state index contributed by atoms with van der Waals surface area (Å²) < 4.78 is 7.38. The predicted molar refractivity (Wildman–Crippen MR) is 118 cm³/mol. The van der Waals surface area contributed by atoms with Crippen LogP contribution in [0.3, 0.4) is 0 Å². The van der Waals surface area contributed by atoms with Crippen LogP contribution in [0.2, 0.25) is 0 Å². The lowest BCUT2D eigenvalue weighted by atomic mass is 10.1. The number of hydrogen-bond donors (Lipinski definition) is 5. The van der Waals surface area contributed by atoms with E-state index in [-0.39, 0.29) is 5.92 Å². The lowest BCUT2D eigenvalue weighted by molar-refractivity contribution is -0.146. The van der Waals surface area contributed by atoms with Gasteiger partial charge in [-0.05, 0) is 38.7 Å². The molecule has 0 saturated heterocycles. The molecule has 32 heavy (non-hydrogen) atoms. The number of carbonyl (C=O) groups is 2. The van der Waals surface area contributed by atoms with Gasteiger partial charge in [-0.25, -0.2) is 9.59 Å². The van der Waals surface area contributed by atoms with Crippen LogP contribution in [-0.4, -0.2) is 56.1 Å². The summed E-state index contributed by atoms with van der Waals surface area (Å²) in [6.45, 7) is 4.23. The molecule has 10 heteroatoms. The summed E-state index contributed by atoms with van der Waals surface area (Å²) >= 11 is 0. The van der Waals surface area contributed by atoms with Crippen molar-refractivity contribution in [3.05, 3.63) is 24.5 Å². The molecule has 1 atom stereocenters. The maximum absolute atomic E-state index is 11.7. The summed E-state index contributed by atoms with van der Waals surface area (Å²) in [4.78, 5) is 26.7. The fourth-order valence-corrected chi connectivity index (χ4v) is 4.07. The van der Waals surface area contributed by atoms with Crippen molar-refractivity contribution < 1.29 is 24.5 Å². The smallest absolute Gasteiger partial charge is 0.331 e. The second-order valence-electron chi connectivity index (χ2n) is 8.88. The molecule has 0 bridgehead atoms. The number of H-pyrrole nitrogens is 1. The number of aromatic amines is 1. The molecule has 0 unspecified atom stereocenters. The third-order valence-corrected chi connectivity index (χ3v) is 6.17. The number of benzene rings is 1. The zero-order valence-corrected chi connectivity index (χ0v) is 17.8. The Morgan fingerprint density at radius 1 is 1.31 bits per heavy atom. The van der Waals surface area contributed by atoms with Gasteiger partial charge in [0.15, 0.2) is 5.54 Å². The zero-order chi connectivity index (χ0) is 22.6. The highest BCUT2D eigenvalue weighted by Gasteiger charge is 2.36. The molecule has 5 rings (SSSR count). The molecule has 1 fully saturated rings. The molecule has 2 aromatic heterocycles. The Kier molecular flexibility index (Phi) is 4.54. The molecule has 3 aromatic rings. The monoisotopic (exact) mass is 439 g/mol. The number of carboxylic acid groups (broad SMARTS) is 2. The number of hydrogen-bond acceptors (Lipinski definition) is 6. The second kappa shape index (κ2) is 7.18. The number of rotatable bonds is 7. The normalized spacial score (nSPS) is 16.7. The molecular weight excluding hydrogens is 414 g/mol. The lowest BCUT2D eigenvalue weighted by Gasteiger charge is -2.19. The van der Waals surface area contributed by atoms with E-state index in [2.05, 4.69) is 20.7 Å². The molecule has 5 N–H and O–H groups in total. The van der Waals surface area contributed by atoms with Gasteiger partial charge in [-0.3, -0.25) is 4.68 Å². The third-order valence-electron chi connectivity index (χ3n) is 6.17. The molecule has 0 radical (unpaired) electrons. The van der Waals surface area contributed by atoms with Crippen LogP contribution in [-0.2, 0) is 15.1 Å². The Morgan fingerprint density at radius 3 is 2.78 bits per heavy atom. The highest BCUT2D eigenvalue weighted by Crippen LogP contribution is 2.43. The van der Waals surface area contributed by atoms with E-state index in [1.54, 1.807) is 26.2 Å². The molecule has 2 aliphatic rings. The number of anilines is 2. The van der Waals surface area contributed by atoms with Crippen molar-refractivity contribution in [2.45, 2.75) is 38.3 Å². The molecule has 1 aliphatic carbocycles. The van der Waals surface area contributed by atoms with E-state index in [9.17, 15) is 19.8 Å². The maximum atomic E-state index is 11.7. The van der Waals surface area contributed by atoms with Crippen molar-refractivity contribution in [2.75, 3.05) is 23.8 Å². The van der Waals surface area contributed by atoms with Crippen LogP contribution < -0.4 is 15.4 Å². The van der Waals surface area contributed by atoms with Gasteiger partial charge in [0, 0.05) is 30.1 Å². The Hall–Kier alpha value is -3.69.